The molecule has 0 aliphatic carbocycles. The normalized spacial score (nSPS) is 30.7. The lowest BCUT2D eigenvalue weighted by molar-refractivity contribution is -0.140. The molecule has 32 heavy (non-hydrogen) atoms. The molecule has 0 amide bonds. The van der Waals surface area contributed by atoms with E-state index in [1.165, 1.54) is 0 Å². The van der Waals surface area contributed by atoms with E-state index in [-0.39, 0.29) is 30.8 Å². The lowest BCUT2D eigenvalue weighted by Crippen LogP contribution is -2.47. The molecule has 0 aromatic carbocycles. The number of anilines is 2. The Bertz CT molecular complexity index is 939. The number of aromatic nitrogens is 2. The summed E-state index contributed by atoms with van der Waals surface area (Å²) >= 11 is 0. The Morgan fingerprint density at radius 2 is 1.91 bits per heavy atom. The van der Waals surface area contributed by atoms with E-state index in [9.17, 15) is 13.2 Å². The van der Waals surface area contributed by atoms with Gasteiger partial charge in [0.1, 0.15) is 11.6 Å². The van der Waals surface area contributed by atoms with E-state index in [1.54, 1.807) is 6.20 Å². The highest BCUT2D eigenvalue weighted by Crippen LogP contribution is 2.38. The van der Waals surface area contributed by atoms with Gasteiger partial charge >= 0.3 is 6.18 Å². The molecule has 0 saturated carbocycles. The highest BCUT2D eigenvalue weighted by molar-refractivity contribution is 5.91. The molecule has 2 bridgehead atoms. The Labute approximate surface area is 185 Å². The maximum Gasteiger partial charge on any atom is 0.390 e. The molecule has 3 aliphatic rings. The number of hydrogen-bond donors (Lipinski definition) is 4. The molecule has 3 unspecified atom stereocenters. The number of piperidine rings is 1. The maximum absolute atomic E-state index is 12.7. The molecule has 4 N–H and O–H groups in total. The summed E-state index contributed by atoms with van der Waals surface area (Å²) in [6.45, 7) is 2.23. The Morgan fingerprint density at radius 3 is 2.59 bits per heavy atom. The molecule has 0 radical (unpaired) electrons. The smallest absolute Gasteiger partial charge is 0.367 e. The van der Waals surface area contributed by atoms with Crippen LogP contribution in [0.3, 0.4) is 0 Å². The van der Waals surface area contributed by atoms with Gasteiger partial charge in [-0.1, -0.05) is 0 Å². The van der Waals surface area contributed by atoms with Gasteiger partial charge in [0.2, 0.25) is 0 Å². The molecule has 10 heteroatoms. The van der Waals surface area contributed by atoms with Gasteiger partial charge in [0.05, 0.1) is 18.1 Å². The van der Waals surface area contributed by atoms with Crippen LogP contribution in [-0.2, 0) is 0 Å². The standard InChI is InChI=1S/C22H30F3N7/c1-13-9-20(31-30-13)28-19-12-18-17(3-2-7-26-18)21(29-19)27-14-10-15-4-5-16(11-14)32(15)8-6-22(23,24)25/h2-3,7,12-16,20,30-31H,4-6,8-11H2,1H3,(H2,27,28,29)/t13?,14?,15-,16+,20?. The van der Waals surface area contributed by atoms with Crippen molar-refractivity contribution in [3.05, 3.63) is 24.4 Å². The van der Waals surface area contributed by atoms with E-state index in [4.69, 9.17) is 4.98 Å². The maximum atomic E-state index is 12.7. The van der Waals surface area contributed by atoms with Crippen LogP contribution >= 0.6 is 0 Å². The lowest BCUT2D eigenvalue weighted by Gasteiger charge is -2.39. The quantitative estimate of drug-likeness (QED) is 0.537. The lowest BCUT2D eigenvalue weighted by atomic mass is 9.97. The Balaban J connectivity index is 1.31. The van der Waals surface area contributed by atoms with Crippen molar-refractivity contribution in [1.29, 1.82) is 0 Å². The van der Waals surface area contributed by atoms with Gasteiger partial charge in [-0.3, -0.25) is 15.3 Å². The minimum atomic E-state index is -4.10. The van der Waals surface area contributed by atoms with Crippen LogP contribution < -0.4 is 21.5 Å². The zero-order valence-corrected chi connectivity index (χ0v) is 18.1. The summed E-state index contributed by atoms with van der Waals surface area (Å²) in [5.74, 6) is 1.53. The van der Waals surface area contributed by atoms with Crippen molar-refractivity contribution in [2.24, 2.45) is 0 Å². The second kappa shape index (κ2) is 8.64. The van der Waals surface area contributed by atoms with E-state index in [1.807, 2.05) is 18.2 Å². The van der Waals surface area contributed by atoms with E-state index >= 15 is 0 Å². The highest BCUT2D eigenvalue weighted by Gasteiger charge is 2.42. The molecule has 0 spiro atoms. The fourth-order valence-electron chi connectivity index (χ4n) is 5.45. The van der Waals surface area contributed by atoms with Crippen LogP contribution in [0.15, 0.2) is 24.4 Å². The number of fused-ring (bicyclic) bond motifs is 3. The van der Waals surface area contributed by atoms with Crippen LogP contribution in [-0.4, -0.2) is 57.9 Å². The third-order valence-electron chi connectivity index (χ3n) is 6.89. The first-order valence-corrected chi connectivity index (χ1v) is 11.5. The second-order valence-corrected chi connectivity index (χ2v) is 9.35. The monoisotopic (exact) mass is 449 g/mol. The summed E-state index contributed by atoms with van der Waals surface area (Å²) in [4.78, 5) is 11.4. The van der Waals surface area contributed by atoms with Crippen molar-refractivity contribution in [3.8, 4) is 0 Å². The molecule has 3 saturated heterocycles. The van der Waals surface area contributed by atoms with Crippen molar-refractivity contribution in [2.45, 2.75) is 82.0 Å². The number of halogens is 3. The minimum Gasteiger partial charge on any atom is -0.367 e. The van der Waals surface area contributed by atoms with Crippen LogP contribution in [0.2, 0.25) is 0 Å². The fourth-order valence-corrected chi connectivity index (χ4v) is 5.45. The third-order valence-corrected chi connectivity index (χ3v) is 6.89. The number of pyridine rings is 2. The van der Waals surface area contributed by atoms with Crippen molar-refractivity contribution in [1.82, 2.24) is 25.7 Å². The average molecular weight is 450 g/mol. The number of hydrazine groups is 1. The van der Waals surface area contributed by atoms with E-state index < -0.39 is 12.6 Å². The summed E-state index contributed by atoms with van der Waals surface area (Å²) in [6.07, 6.45) is 1.57. The zero-order chi connectivity index (χ0) is 22.3. The Morgan fingerprint density at radius 1 is 1.12 bits per heavy atom. The summed E-state index contributed by atoms with van der Waals surface area (Å²) in [5.41, 5.74) is 7.28. The van der Waals surface area contributed by atoms with E-state index in [0.29, 0.717) is 6.04 Å². The number of hydrogen-bond acceptors (Lipinski definition) is 7. The molecule has 3 aliphatic heterocycles. The van der Waals surface area contributed by atoms with Gasteiger partial charge in [0, 0.05) is 48.4 Å². The van der Waals surface area contributed by atoms with E-state index in [2.05, 4.69) is 38.3 Å². The largest absolute Gasteiger partial charge is 0.390 e. The Kier molecular flexibility index (Phi) is 5.85. The molecule has 2 aromatic heterocycles. The molecule has 174 valence electrons. The average Bonchev–Trinajstić information content (AvgIpc) is 3.25. The number of rotatable bonds is 6. The molecule has 7 nitrogen and oxygen atoms in total. The molecular weight excluding hydrogens is 419 g/mol. The molecule has 5 heterocycles. The number of nitrogens with zero attached hydrogens (tertiary/aromatic N) is 3. The van der Waals surface area contributed by atoms with Crippen molar-refractivity contribution >= 4 is 22.5 Å². The molecule has 5 rings (SSSR count). The van der Waals surface area contributed by atoms with Crippen molar-refractivity contribution in [2.75, 3.05) is 17.2 Å². The first kappa shape index (κ1) is 21.7. The molecule has 5 atom stereocenters. The van der Waals surface area contributed by atoms with Crippen LogP contribution in [0.4, 0.5) is 24.8 Å². The van der Waals surface area contributed by atoms with E-state index in [0.717, 1.165) is 54.6 Å². The van der Waals surface area contributed by atoms with Gasteiger partial charge in [0.15, 0.2) is 0 Å². The number of alkyl halides is 3. The van der Waals surface area contributed by atoms with Gasteiger partial charge in [-0.25, -0.2) is 10.4 Å². The van der Waals surface area contributed by atoms with Crippen LogP contribution in [0.25, 0.3) is 10.9 Å². The molecule has 3 fully saturated rings. The minimum absolute atomic E-state index is 0.0826. The van der Waals surface area contributed by atoms with Crippen molar-refractivity contribution in [3.63, 3.8) is 0 Å². The first-order chi connectivity index (χ1) is 15.3. The van der Waals surface area contributed by atoms with Crippen LogP contribution in [0.5, 0.6) is 0 Å². The zero-order valence-electron chi connectivity index (χ0n) is 18.1. The van der Waals surface area contributed by atoms with Gasteiger partial charge in [-0.05, 0) is 51.2 Å². The fraction of sp³-hybridized carbons (Fsp3) is 0.636. The Hall–Kier alpha value is -2.17. The predicted octanol–water partition coefficient (Wildman–Crippen LogP) is 3.61. The second-order valence-electron chi connectivity index (χ2n) is 9.35. The van der Waals surface area contributed by atoms with Crippen molar-refractivity contribution < 1.29 is 13.2 Å². The highest BCUT2D eigenvalue weighted by atomic mass is 19.4. The van der Waals surface area contributed by atoms with Gasteiger partial charge in [-0.2, -0.15) is 13.2 Å². The SMILES string of the molecule is CC1CC(Nc2cc3ncccc3c(NC3C[C@H]4CC[C@@H](C3)N4CCC(F)(F)F)n2)NN1. The van der Waals surface area contributed by atoms with Gasteiger partial charge < -0.3 is 10.6 Å². The molecule has 2 aromatic rings. The predicted molar refractivity (Wildman–Crippen MR) is 118 cm³/mol. The molecular formula is C22H30F3N7. The van der Waals surface area contributed by atoms with Gasteiger partial charge in [0.25, 0.3) is 0 Å². The van der Waals surface area contributed by atoms with Gasteiger partial charge in [-0.15, -0.1) is 0 Å². The summed E-state index contributed by atoms with van der Waals surface area (Å²) in [7, 11) is 0. The number of nitrogens with one attached hydrogen (secondary N) is 4. The summed E-state index contributed by atoms with van der Waals surface area (Å²) < 4.78 is 38.2. The summed E-state index contributed by atoms with van der Waals surface area (Å²) in [5, 5.41) is 8.00. The first-order valence-electron chi connectivity index (χ1n) is 11.5. The third kappa shape index (κ3) is 4.77. The topological polar surface area (TPSA) is 77.1 Å². The van der Waals surface area contributed by atoms with Crippen LogP contribution in [0.1, 0.15) is 45.4 Å². The summed E-state index contributed by atoms with van der Waals surface area (Å²) in [6, 6.07) is 6.83. The van der Waals surface area contributed by atoms with Crippen LogP contribution in [0, 0.1) is 0 Å².